The maximum absolute atomic E-state index is 10.7. The first kappa shape index (κ1) is 19.7. The van der Waals surface area contributed by atoms with Crippen LogP contribution in [0, 0.1) is 0 Å². The van der Waals surface area contributed by atoms with Gasteiger partial charge in [-0.25, -0.2) is 0 Å². The van der Waals surface area contributed by atoms with Gasteiger partial charge in [0.25, 0.3) is 0 Å². The molecule has 1 fully saturated rings. The fourth-order valence-electron chi connectivity index (χ4n) is 4.30. The first-order chi connectivity index (χ1) is 15.2. The van der Waals surface area contributed by atoms with Crippen molar-refractivity contribution in [1.29, 1.82) is 0 Å². The van der Waals surface area contributed by atoms with Crippen LogP contribution in [0.25, 0.3) is 0 Å². The van der Waals surface area contributed by atoms with Gasteiger partial charge in [0.05, 0.1) is 24.3 Å². The van der Waals surface area contributed by atoms with E-state index in [0.717, 1.165) is 29.8 Å². The number of fused-ring (bicyclic) bond motifs is 1. The second kappa shape index (κ2) is 8.45. The number of nitrogens with zero attached hydrogens (tertiary/aromatic N) is 1. The number of pyridine rings is 1. The summed E-state index contributed by atoms with van der Waals surface area (Å²) in [4.78, 5) is 4.11. The van der Waals surface area contributed by atoms with Crippen molar-refractivity contribution in [3.63, 3.8) is 0 Å². The number of anilines is 1. The SMILES string of the molecule is Oc1cc(O)c(C2NCc3c(NC4CCOC4)cccc32)c(OCc2cccnc2)c1. The third kappa shape index (κ3) is 4.02. The largest absolute Gasteiger partial charge is 0.508 e. The molecule has 160 valence electrons. The van der Waals surface area contributed by atoms with Crippen LogP contribution in [-0.4, -0.2) is 34.5 Å². The van der Waals surface area contributed by atoms with Crippen molar-refractivity contribution in [3.05, 3.63) is 77.1 Å². The molecule has 5 rings (SSSR count). The summed E-state index contributed by atoms with van der Waals surface area (Å²) in [6, 6.07) is 12.9. The van der Waals surface area contributed by atoms with Gasteiger partial charge >= 0.3 is 0 Å². The molecule has 0 radical (unpaired) electrons. The highest BCUT2D eigenvalue weighted by Gasteiger charge is 2.31. The molecule has 7 nitrogen and oxygen atoms in total. The molecule has 3 heterocycles. The van der Waals surface area contributed by atoms with E-state index in [-0.39, 0.29) is 24.1 Å². The molecule has 0 saturated carbocycles. The molecule has 0 spiro atoms. The van der Waals surface area contributed by atoms with Gasteiger partial charge in [0.15, 0.2) is 0 Å². The monoisotopic (exact) mass is 419 g/mol. The number of hydrogen-bond acceptors (Lipinski definition) is 7. The van der Waals surface area contributed by atoms with Crippen LogP contribution >= 0.6 is 0 Å². The first-order valence-corrected chi connectivity index (χ1v) is 10.5. The van der Waals surface area contributed by atoms with E-state index in [1.165, 1.54) is 11.6 Å². The Morgan fingerprint density at radius 1 is 1.19 bits per heavy atom. The molecule has 0 bridgehead atoms. The number of phenolic OH excluding ortho intramolecular Hbond substituents is 2. The molecule has 4 N–H and O–H groups in total. The Bertz CT molecular complexity index is 1070. The van der Waals surface area contributed by atoms with Gasteiger partial charge in [-0.05, 0) is 29.7 Å². The lowest BCUT2D eigenvalue weighted by atomic mass is 9.95. The third-order valence-electron chi connectivity index (χ3n) is 5.81. The lowest BCUT2D eigenvalue weighted by Crippen LogP contribution is -2.19. The Hall–Kier alpha value is -3.29. The van der Waals surface area contributed by atoms with E-state index < -0.39 is 0 Å². The summed E-state index contributed by atoms with van der Waals surface area (Å²) in [6.07, 6.45) is 4.43. The van der Waals surface area contributed by atoms with Crippen molar-refractivity contribution in [2.45, 2.75) is 31.7 Å². The number of aromatic hydroxyl groups is 2. The van der Waals surface area contributed by atoms with Crippen LogP contribution in [0.4, 0.5) is 5.69 Å². The van der Waals surface area contributed by atoms with Crippen LogP contribution < -0.4 is 15.4 Å². The standard InChI is InChI=1S/C24H25N3O4/c28-17-9-21(29)23(22(10-17)31-13-15-3-2-7-25-11-15)24-18-4-1-5-20(19(18)12-26-24)27-16-6-8-30-14-16/h1-5,7,9-11,16,24,26-29H,6,8,12-14H2. The number of rotatable bonds is 6. The molecular weight excluding hydrogens is 394 g/mol. The van der Waals surface area contributed by atoms with Crippen molar-refractivity contribution in [2.75, 3.05) is 18.5 Å². The summed E-state index contributed by atoms with van der Waals surface area (Å²) < 4.78 is 11.5. The predicted molar refractivity (Wildman–Crippen MR) is 116 cm³/mol. The number of benzene rings is 2. The highest BCUT2D eigenvalue weighted by molar-refractivity contribution is 5.62. The Morgan fingerprint density at radius 3 is 2.94 bits per heavy atom. The molecule has 1 saturated heterocycles. The van der Waals surface area contributed by atoms with Gasteiger partial charge in [0.1, 0.15) is 23.9 Å². The zero-order chi connectivity index (χ0) is 21.2. The van der Waals surface area contributed by atoms with Gasteiger partial charge in [0.2, 0.25) is 0 Å². The number of ether oxygens (including phenoxy) is 2. The fraction of sp³-hybridized carbons (Fsp3) is 0.292. The normalized spacial score (nSPS) is 19.9. The summed E-state index contributed by atoms with van der Waals surface area (Å²) in [6.45, 7) is 2.45. The third-order valence-corrected chi connectivity index (χ3v) is 5.81. The summed E-state index contributed by atoms with van der Waals surface area (Å²) in [7, 11) is 0. The van der Waals surface area contributed by atoms with E-state index in [1.54, 1.807) is 18.5 Å². The minimum absolute atomic E-state index is 0.00547. The van der Waals surface area contributed by atoms with Crippen molar-refractivity contribution in [2.24, 2.45) is 0 Å². The average molecular weight is 419 g/mol. The zero-order valence-corrected chi connectivity index (χ0v) is 17.0. The van der Waals surface area contributed by atoms with Crippen molar-refractivity contribution < 1.29 is 19.7 Å². The second-order valence-electron chi connectivity index (χ2n) is 7.92. The average Bonchev–Trinajstić information content (AvgIpc) is 3.43. The molecule has 2 atom stereocenters. The zero-order valence-electron chi connectivity index (χ0n) is 17.0. The van der Waals surface area contributed by atoms with Crippen LogP contribution in [-0.2, 0) is 17.9 Å². The van der Waals surface area contributed by atoms with E-state index in [9.17, 15) is 10.2 Å². The van der Waals surface area contributed by atoms with Crippen molar-refractivity contribution in [1.82, 2.24) is 10.3 Å². The number of aromatic nitrogens is 1. The van der Waals surface area contributed by atoms with Crippen LogP contribution in [0.1, 0.15) is 34.7 Å². The minimum atomic E-state index is -0.249. The van der Waals surface area contributed by atoms with Crippen LogP contribution in [0.15, 0.2) is 54.9 Å². The summed E-state index contributed by atoms with van der Waals surface area (Å²) >= 11 is 0. The minimum Gasteiger partial charge on any atom is -0.508 e. The molecular formula is C24H25N3O4. The number of phenols is 2. The first-order valence-electron chi connectivity index (χ1n) is 10.5. The van der Waals surface area contributed by atoms with E-state index >= 15 is 0 Å². The van der Waals surface area contributed by atoms with Crippen LogP contribution in [0.5, 0.6) is 17.2 Å². The summed E-state index contributed by atoms with van der Waals surface area (Å²) in [5.41, 5.74) is 4.85. The van der Waals surface area contributed by atoms with Crippen molar-refractivity contribution in [3.8, 4) is 17.2 Å². The molecule has 31 heavy (non-hydrogen) atoms. The second-order valence-corrected chi connectivity index (χ2v) is 7.92. The van der Waals surface area contributed by atoms with E-state index in [2.05, 4.69) is 27.8 Å². The molecule has 1 aromatic heterocycles. The van der Waals surface area contributed by atoms with E-state index in [0.29, 0.717) is 30.5 Å². The van der Waals surface area contributed by atoms with Gasteiger partial charge in [-0.1, -0.05) is 18.2 Å². The molecule has 0 aliphatic carbocycles. The van der Waals surface area contributed by atoms with Gasteiger partial charge in [0, 0.05) is 48.9 Å². The summed E-state index contributed by atoms with van der Waals surface area (Å²) in [5.74, 6) is 0.389. The number of nitrogens with one attached hydrogen (secondary N) is 2. The Kier molecular flexibility index (Phi) is 5.36. The van der Waals surface area contributed by atoms with Gasteiger partial charge in [-0.3, -0.25) is 4.98 Å². The molecule has 0 amide bonds. The maximum atomic E-state index is 10.7. The van der Waals surface area contributed by atoms with Gasteiger partial charge < -0.3 is 30.3 Å². The number of hydrogen-bond donors (Lipinski definition) is 4. The summed E-state index contributed by atoms with van der Waals surface area (Å²) in [5, 5.41) is 27.9. The quantitative estimate of drug-likeness (QED) is 0.486. The molecule has 2 unspecified atom stereocenters. The Morgan fingerprint density at radius 2 is 2.13 bits per heavy atom. The Balaban J connectivity index is 1.46. The van der Waals surface area contributed by atoms with Crippen LogP contribution in [0.2, 0.25) is 0 Å². The lowest BCUT2D eigenvalue weighted by molar-refractivity contribution is 0.195. The van der Waals surface area contributed by atoms with Crippen LogP contribution in [0.3, 0.4) is 0 Å². The highest BCUT2D eigenvalue weighted by atomic mass is 16.5. The smallest absolute Gasteiger partial charge is 0.132 e. The van der Waals surface area contributed by atoms with E-state index in [1.807, 2.05) is 18.2 Å². The fourth-order valence-corrected chi connectivity index (χ4v) is 4.30. The Labute approximate surface area is 180 Å². The highest BCUT2D eigenvalue weighted by Crippen LogP contribution is 2.44. The van der Waals surface area contributed by atoms with Gasteiger partial charge in [-0.15, -0.1) is 0 Å². The molecule has 2 aliphatic heterocycles. The molecule has 7 heteroatoms. The lowest BCUT2D eigenvalue weighted by Gasteiger charge is -2.20. The molecule has 2 aromatic carbocycles. The van der Waals surface area contributed by atoms with E-state index in [4.69, 9.17) is 9.47 Å². The van der Waals surface area contributed by atoms with Crippen molar-refractivity contribution >= 4 is 5.69 Å². The topological polar surface area (TPSA) is 95.9 Å². The predicted octanol–water partition coefficient (Wildman–Crippen LogP) is 3.47. The molecule has 2 aliphatic rings. The maximum Gasteiger partial charge on any atom is 0.132 e. The molecule has 3 aromatic rings. The van der Waals surface area contributed by atoms with Gasteiger partial charge in [-0.2, -0.15) is 0 Å².